The highest BCUT2D eigenvalue weighted by Crippen LogP contribution is 2.32. The number of rotatable bonds is 4. The average Bonchev–Trinajstić information content (AvgIpc) is 3.49. The van der Waals surface area contributed by atoms with Crippen molar-refractivity contribution in [2.45, 2.75) is 12.6 Å². The van der Waals surface area contributed by atoms with Crippen molar-refractivity contribution in [1.82, 2.24) is 19.9 Å². The monoisotopic (exact) mass is 457 g/mol. The first-order chi connectivity index (χ1) is 15.3. The summed E-state index contributed by atoms with van der Waals surface area (Å²) in [6.45, 7) is -0.353. The lowest BCUT2D eigenvalue weighted by Gasteiger charge is -2.12. The molecule has 0 bridgehead atoms. The average molecular weight is 457 g/mol. The van der Waals surface area contributed by atoms with Crippen LogP contribution in [0.1, 0.15) is 15.2 Å². The zero-order valence-corrected chi connectivity index (χ0v) is 17.8. The summed E-state index contributed by atoms with van der Waals surface area (Å²) in [6.07, 6.45) is 1.88. The molecule has 5 rings (SSSR count). The van der Waals surface area contributed by atoms with Crippen LogP contribution in [0.2, 0.25) is 0 Å². The number of fused-ring (bicyclic) bond motifs is 2. The quantitative estimate of drug-likeness (QED) is 0.493. The minimum absolute atomic E-state index is 0.198. The fourth-order valence-electron chi connectivity index (χ4n) is 3.84. The summed E-state index contributed by atoms with van der Waals surface area (Å²) in [5.41, 5.74) is 6.54. The van der Waals surface area contributed by atoms with Crippen LogP contribution in [-0.2, 0) is 6.42 Å². The van der Waals surface area contributed by atoms with Gasteiger partial charge in [0.25, 0.3) is 5.91 Å². The number of hydrogen-bond acceptors (Lipinski definition) is 5. The maximum absolute atomic E-state index is 12.3. The number of amides is 1. The van der Waals surface area contributed by atoms with Gasteiger partial charge in [0, 0.05) is 42.8 Å². The SMILES string of the molecule is CN1CCc2cc(-c3cnc4c(-c5csc(C(=O)NCC(F)(F)F)c5)cnn4c3)ccc21. The van der Waals surface area contributed by atoms with Crippen LogP contribution in [0.3, 0.4) is 0 Å². The zero-order chi connectivity index (χ0) is 22.5. The molecule has 0 aliphatic carbocycles. The van der Waals surface area contributed by atoms with E-state index < -0.39 is 18.6 Å². The fraction of sp³-hybridized carbons (Fsp3) is 0.227. The largest absolute Gasteiger partial charge is 0.405 e. The molecule has 0 radical (unpaired) electrons. The predicted octanol–water partition coefficient (Wildman–Crippen LogP) is 4.41. The number of halogens is 3. The first-order valence-corrected chi connectivity index (χ1v) is 10.8. The first kappa shape index (κ1) is 20.5. The Balaban J connectivity index is 1.41. The maximum atomic E-state index is 12.3. The van der Waals surface area contributed by atoms with E-state index in [2.05, 4.69) is 40.2 Å². The molecule has 4 aromatic rings. The molecule has 1 amide bonds. The molecular weight excluding hydrogens is 439 g/mol. The summed E-state index contributed by atoms with van der Waals surface area (Å²) < 4.78 is 38.7. The van der Waals surface area contributed by atoms with Gasteiger partial charge in [-0.3, -0.25) is 4.79 Å². The van der Waals surface area contributed by atoms with Crippen molar-refractivity contribution in [1.29, 1.82) is 0 Å². The smallest absolute Gasteiger partial charge is 0.374 e. The summed E-state index contributed by atoms with van der Waals surface area (Å²) in [5.74, 6) is -0.757. The second-order valence-electron chi connectivity index (χ2n) is 7.68. The number of benzene rings is 1. The minimum Gasteiger partial charge on any atom is -0.374 e. The molecule has 1 aliphatic heterocycles. The summed E-state index contributed by atoms with van der Waals surface area (Å²) in [4.78, 5) is 19.0. The number of carbonyl (C=O) groups is 1. The number of anilines is 1. The molecule has 1 N–H and O–H groups in total. The highest BCUT2D eigenvalue weighted by atomic mass is 32.1. The Bertz CT molecular complexity index is 1330. The van der Waals surface area contributed by atoms with E-state index in [9.17, 15) is 18.0 Å². The van der Waals surface area contributed by atoms with E-state index in [0.29, 0.717) is 16.8 Å². The molecule has 1 aromatic carbocycles. The van der Waals surface area contributed by atoms with E-state index >= 15 is 0 Å². The molecule has 3 aromatic heterocycles. The molecule has 0 spiro atoms. The molecule has 0 atom stereocenters. The molecule has 164 valence electrons. The van der Waals surface area contributed by atoms with Crippen LogP contribution in [-0.4, -0.2) is 46.8 Å². The Labute approximate surface area is 185 Å². The normalized spacial score (nSPS) is 13.6. The number of nitrogens with zero attached hydrogens (tertiary/aromatic N) is 4. The summed E-state index contributed by atoms with van der Waals surface area (Å²) in [7, 11) is 2.08. The molecule has 4 heterocycles. The van der Waals surface area contributed by atoms with Crippen molar-refractivity contribution in [2.75, 3.05) is 25.0 Å². The second kappa shape index (κ2) is 7.63. The van der Waals surface area contributed by atoms with Gasteiger partial charge in [0.15, 0.2) is 5.65 Å². The van der Waals surface area contributed by atoms with Gasteiger partial charge in [0.1, 0.15) is 6.54 Å². The second-order valence-corrected chi connectivity index (χ2v) is 8.59. The molecule has 6 nitrogen and oxygen atoms in total. The lowest BCUT2D eigenvalue weighted by Crippen LogP contribution is -2.33. The van der Waals surface area contributed by atoms with Crippen LogP contribution in [0.4, 0.5) is 18.9 Å². The number of hydrogen-bond donors (Lipinski definition) is 1. The minimum atomic E-state index is -4.45. The summed E-state index contributed by atoms with van der Waals surface area (Å²) in [5, 5.41) is 7.99. The molecular formula is C22H18F3N5OS. The van der Waals surface area contributed by atoms with Crippen molar-refractivity contribution in [3.63, 3.8) is 0 Å². The molecule has 10 heteroatoms. The zero-order valence-electron chi connectivity index (χ0n) is 17.0. The molecule has 0 saturated heterocycles. The Hall–Kier alpha value is -3.40. The molecule has 0 saturated carbocycles. The molecule has 0 unspecified atom stereocenters. The van der Waals surface area contributed by atoms with E-state index in [4.69, 9.17) is 0 Å². The Morgan fingerprint density at radius 2 is 2.03 bits per heavy atom. The third kappa shape index (κ3) is 3.81. The van der Waals surface area contributed by atoms with Gasteiger partial charge in [-0.2, -0.15) is 18.3 Å². The van der Waals surface area contributed by atoms with Crippen LogP contribution < -0.4 is 10.2 Å². The summed E-state index contributed by atoms with van der Waals surface area (Å²) >= 11 is 1.08. The van der Waals surface area contributed by atoms with Gasteiger partial charge in [0.05, 0.1) is 11.1 Å². The molecule has 1 aliphatic rings. The van der Waals surface area contributed by atoms with Gasteiger partial charge in [-0.25, -0.2) is 9.50 Å². The van der Waals surface area contributed by atoms with Crippen molar-refractivity contribution in [3.05, 3.63) is 58.7 Å². The Kier molecular flexibility index (Phi) is 4.89. The van der Waals surface area contributed by atoms with Gasteiger partial charge >= 0.3 is 6.18 Å². The van der Waals surface area contributed by atoms with Crippen LogP contribution in [0.5, 0.6) is 0 Å². The van der Waals surface area contributed by atoms with Gasteiger partial charge in [-0.15, -0.1) is 11.3 Å². The van der Waals surface area contributed by atoms with E-state index in [1.54, 1.807) is 28.4 Å². The lowest BCUT2D eigenvalue weighted by molar-refractivity contribution is -0.123. The van der Waals surface area contributed by atoms with Crippen LogP contribution in [0, 0.1) is 0 Å². The van der Waals surface area contributed by atoms with E-state index in [1.165, 1.54) is 11.3 Å². The number of nitrogens with one attached hydrogen (secondary N) is 1. The third-order valence-corrected chi connectivity index (χ3v) is 6.41. The van der Waals surface area contributed by atoms with Crippen LogP contribution >= 0.6 is 11.3 Å². The Morgan fingerprint density at radius 3 is 2.84 bits per heavy atom. The maximum Gasteiger partial charge on any atom is 0.405 e. The Morgan fingerprint density at radius 1 is 1.19 bits per heavy atom. The number of carbonyl (C=O) groups excluding carboxylic acids is 1. The van der Waals surface area contributed by atoms with Gasteiger partial charge in [-0.05, 0) is 46.7 Å². The number of alkyl halides is 3. The molecule has 32 heavy (non-hydrogen) atoms. The topological polar surface area (TPSA) is 62.5 Å². The highest BCUT2D eigenvalue weighted by molar-refractivity contribution is 7.12. The lowest BCUT2D eigenvalue weighted by atomic mass is 10.0. The van der Waals surface area contributed by atoms with Crippen molar-refractivity contribution >= 4 is 28.6 Å². The van der Waals surface area contributed by atoms with Crippen LogP contribution in [0.25, 0.3) is 27.9 Å². The number of likely N-dealkylation sites (N-methyl/N-ethyl adjacent to an activating group) is 1. The molecule has 0 fully saturated rings. The predicted molar refractivity (Wildman–Crippen MR) is 117 cm³/mol. The first-order valence-electron chi connectivity index (χ1n) is 9.90. The number of aromatic nitrogens is 3. The van der Waals surface area contributed by atoms with E-state index in [0.717, 1.165) is 35.4 Å². The number of thiophene rings is 1. The van der Waals surface area contributed by atoms with Crippen molar-refractivity contribution in [2.24, 2.45) is 0 Å². The fourth-order valence-corrected chi connectivity index (χ4v) is 4.66. The van der Waals surface area contributed by atoms with Crippen LogP contribution in [0.15, 0.2) is 48.2 Å². The third-order valence-electron chi connectivity index (χ3n) is 5.48. The van der Waals surface area contributed by atoms with Crippen molar-refractivity contribution < 1.29 is 18.0 Å². The highest BCUT2D eigenvalue weighted by Gasteiger charge is 2.28. The summed E-state index contributed by atoms with van der Waals surface area (Å²) in [6, 6.07) is 7.92. The van der Waals surface area contributed by atoms with Crippen molar-refractivity contribution in [3.8, 4) is 22.3 Å². The van der Waals surface area contributed by atoms with E-state index in [-0.39, 0.29) is 4.88 Å². The van der Waals surface area contributed by atoms with E-state index in [1.807, 2.05) is 11.5 Å². The van der Waals surface area contributed by atoms with Gasteiger partial charge in [-0.1, -0.05) is 6.07 Å². The van der Waals surface area contributed by atoms with Gasteiger partial charge in [0.2, 0.25) is 0 Å². The standard InChI is InChI=1S/C22H18F3N5OS/c1-29-5-4-14-6-13(2-3-18(14)29)16-8-26-20-17(9-28-30(20)10-16)15-7-19(32-11-15)21(31)27-12-22(23,24)25/h2-3,6-11H,4-5,12H2,1H3,(H,27,31). The van der Waals surface area contributed by atoms with Gasteiger partial charge < -0.3 is 10.2 Å².